The lowest BCUT2D eigenvalue weighted by atomic mass is 10.0. The largest absolute Gasteiger partial charge is 0.378 e. The van der Waals surface area contributed by atoms with Gasteiger partial charge in [-0.3, -0.25) is 14.4 Å². The number of aryl methyl sites for hydroxylation is 1. The zero-order valence-electron chi connectivity index (χ0n) is 19.0. The molecule has 4 rings (SSSR count). The second kappa shape index (κ2) is 9.33. The van der Waals surface area contributed by atoms with Gasteiger partial charge in [-0.25, -0.2) is 8.42 Å². The highest BCUT2D eigenvalue weighted by Gasteiger charge is 2.34. The third-order valence-electron chi connectivity index (χ3n) is 6.55. The molecule has 2 saturated heterocycles. The topological polar surface area (TPSA) is 84.7 Å². The van der Waals surface area contributed by atoms with Gasteiger partial charge in [0, 0.05) is 30.9 Å². The van der Waals surface area contributed by atoms with Crippen molar-refractivity contribution in [2.45, 2.75) is 38.9 Å². The molecule has 2 aliphatic heterocycles. The van der Waals surface area contributed by atoms with Crippen LogP contribution in [0.3, 0.4) is 0 Å². The molecule has 0 spiro atoms. The van der Waals surface area contributed by atoms with E-state index in [1.54, 1.807) is 0 Å². The zero-order chi connectivity index (χ0) is 22.9. The van der Waals surface area contributed by atoms with Crippen molar-refractivity contribution in [2.24, 2.45) is 0 Å². The summed E-state index contributed by atoms with van der Waals surface area (Å²) in [6, 6.07) is 9.32. The number of nitrogens with zero attached hydrogens (tertiary/aromatic N) is 4. The molecular weight excluding hydrogens is 428 g/mol. The average Bonchev–Trinajstić information content (AvgIpc) is 3.28. The second-order valence-electron chi connectivity index (χ2n) is 8.82. The third-order valence-corrected chi connectivity index (χ3v) is 8.30. The van der Waals surface area contributed by atoms with Gasteiger partial charge in [0.2, 0.25) is 5.91 Å². The Hall–Kier alpha value is -2.23. The lowest BCUT2D eigenvalue weighted by Gasteiger charge is -2.34. The minimum absolute atomic E-state index is 0.0755. The Morgan fingerprint density at radius 1 is 1.22 bits per heavy atom. The molecule has 1 aromatic carbocycles. The Balaban J connectivity index is 1.60. The van der Waals surface area contributed by atoms with Gasteiger partial charge in [-0.15, -0.1) is 0 Å². The van der Waals surface area contributed by atoms with Crippen LogP contribution in [0.15, 0.2) is 30.3 Å². The SMILES string of the molecule is Cc1nn([C@H]2CCS(=O)(=O)C2)c(C)c1CN(C)[C@H](C(=O)N1CCOCC1)c1ccccc1. The summed E-state index contributed by atoms with van der Waals surface area (Å²) >= 11 is 0. The van der Waals surface area contributed by atoms with Gasteiger partial charge in [-0.1, -0.05) is 30.3 Å². The first-order valence-electron chi connectivity index (χ1n) is 11.1. The van der Waals surface area contributed by atoms with Gasteiger partial charge in [0.15, 0.2) is 9.84 Å². The number of hydrogen-bond acceptors (Lipinski definition) is 6. The number of sulfone groups is 1. The van der Waals surface area contributed by atoms with Gasteiger partial charge >= 0.3 is 0 Å². The Morgan fingerprint density at radius 2 is 1.91 bits per heavy atom. The van der Waals surface area contributed by atoms with Gasteiger partial charge in [0.05, 0.1) is 36.5 Å². The molecule has 0 N–H and O–H groups in total. The molecule has 174 valence electrons. The summed E-state index contributed by atoms with van der Waals surface area (Å²) in [4.78, 5) is 17.5. The number of aromatic nitrogens is 2. The first-order chi connectivity index (χ1) is 15.3. The van der Waals surface area contributed by atoms with E-state index in [0.717, 1.165) is 22.5 Å². The van der Waals surface area contributed by atoms with Gasteiger partial charge in [-0.05, 0) is 32.9 Å². The van der Waals surface area contributed by atoms with E-state index in [-0.39, 0.29) is 23.5 Å². The normalized spacial score (nSPS) is 21.8. The molecule has 2 aliphatic rings. The average molecular weight is 461 g/mol. The van der Waals surface area contributed by atoms with Crippen LogP contribution in [0, 0.1) is 13.8 Å². The Labute approximate surface area is 190 Å². The molecule has 2 aromatic rings. The monoisotopic (exact) mass is 460 g/mol. The number of ether oxygens (including phenoxy) is 1. The highest BCUT2D eigenvalue weighted by atomic mass is 32.2. The Kier molecular flexibility index (Phi) is 6.69. The fraction of sp³-hybridized carbons (Fsp3) is 0.565. The quantitative estimate of drug-likeness (QED) is 0.655. The highest BCUT2D eigenvalue weighted by molar-refractivity contribution is 7.91. The van der Waals surface area contributed by atoms with E-state index in [9.17, 15) is 13.2 Å². The lowest BCUT2D eigenvalue weighted by Crippen LogP contribution is -2.46. The van der Waals surface area contributed by atoms with Gasteiger partial charge < -0.3 is 9.64 Å². The minimum Gasteiger partial charge on any atom is -0.378 e. The number of likely N-dealkylation sites (N-methyl/N-ethyl adjacent to an activating group) is 1. The first kappa shape index (κ1) is 22.9. The van der Waals surface area contributed by atoms with Crippen LogP contribution in [0.4, 0.5) is 0 Å². The number of carbonyl (C=O) groups is 1. The van der Waals surface area contributed by atoms with Gasteiger partial charge in [0.1, 0.15) is 6.04 Å². The number of benzene rings is 1. The van der Waals surface area contributed by atoms with E-state index in [2.05, 4.69) is 4.90 Å². The van der Waals surface area contributed by atoms with Crippen molar-refractivity contribution >= 4 is 15.7 Å². The van der Waals surface area contributed by atoms with E-state index in [1.807, 2.05) is 60.8 Å². The molecule has 32 heavy (non-hydrogen) atoms. The molecular formula is C23H32N4O4S. The van der Waals surface area contributed by atoms with E-state index >= 15 is 0 Å². The van der Waals surface area contributed by atoms with Crippen molar-refractivity contribution < 1.29 is 17.9 Å². The third kappa shape index (κ3) is 4.74. The maximum atomic E-state index is 13.5. The standard InChI is InChI=1S/C23H32N4O4S/c1-17-21(18(2)27(24-17)20-9-14-32(29,30)16-20)15-25(3)22(19-7-5-4-6-8-19)23(28)26-10-12-31-13-11-26/h4-8,20,22H,9-16H2,1-3H3/t20-,22-/m0/s1. The molecule has 0 aliphatic carbocycles. The van der Waals surface area contributed by atoms with Gasteiger partial charge in [0.25, 0.3) is 0 Å². The Bertz CT molecular complexity index is 1060. The number of carbonyl (C=O) groups excluding carboxylic acids is 1. The van der Waals surface area contributed by atoms with Crippen LogP contribution in [-0.2, 0) is 25.9 Å². The lowest BCUT2D eigenvalue weighted by molar-refractivity contribution is -0.141. The van der Waals surface area contributed by atoms with Crippen LogP contribution in [0.1, 0.15) is 41.0 Å². The first-order valence-corrected chi connectivity index (χ1v) is 13.0. The molecule has 0 saturated carbocycles. The minimum atomic E-state index is -2.99. The molecule has 9 heteroatoms. The van der Waals surface area contributed by atoms with Crippen LogP contribution in [-0.4, -0.2) is 78.8 Å². The smallest absolute Gasteiger partial charge is 0.244 e. The van der Waals surface area contributed by atoms with Crippen molar-refractivity contribution in [3.8, 4) is 0 Å². The summed E-state index contributed by atoms with van der Waals surface area (Å²) in [6.07, 6.45) is 0.599. The molecule has 8 nitrogen and oxygen atoms in total. The predicted molar refractivity (Wildman–Crippen MR) is 122 cm³/mol. The molecule has 0 radical (unpaired) electrons. The van der Waals surface area contributed by atoms with Crippen LogP contribution in [0.5, 0.6) is 0 Å². The van der Waals surface area contributed by atoms with Crippen LogP contribution in [0.25, 0.3) is 0 Å². The maximum absolute atomic E-state index is 13.5. The molecule has 1 amide bonds. The summed E-state index contributed by atoms with van der Waals surface area (Å²) in [7, 11) is -1.03. The number of morpholine rings is 1. The summed E-state index contributed by atoms with van der Waals surface area (Å²) in [5, 5.41) is 4.69. The van der Waals surface area contributed by atoms with E-state index in [4.69, 9.17) is 9.84 Å². The summed E-state index contributed by atoms with van der Waals surface area (Å²) in [5.74, 6) is 0.438. The second-order valence-corrected chi connectivity index (χ2v) is 11.0. The fourth-order valence-electron chi connectivity index (χ4n) is 4.77. The maximum Gasteiger partial charge on any atom is 0.244 e. The molecule has 2 atom stereocenters. The number of rotatable bonds is 6. The summed E-state index contributed by atoms with van der Waals surface area (Å²) in [6.45, 7) is 6.82. The zero-order valence-corrected chi connectivity index (χ0v) is 19.8. The van der Waals surface area contributed by atoms with Crippen molar-refractivity contribution in [3.05, 3.63) is 52.8 Å². The van der Waals surface area contributed by atoms with Crippen molar-refractivity contribution in [2.75, 3.05) is 44.9 Å². The van der Waals surface area contributed by atoms with E-state index in [1.165, 1.54) is 0 Å². The van der Waals surface area contributed by atoms with Crippen LogP contribution in [0.2, 0.25) is 0 Å². The van der Waals surface area contributed by atoms with E-state index < -0.39 is 15.9 Å². The van der Waals surface area contributed by atoms with Crippen molar-refractivity contribution in [1.29, 1.82) is 0 Å². The van der Waals surface area contributed by atoms with Crippen molar-refractivity contribution in [3.63, 3.8) is 0 Å². The fourth-order valence-corrected chi connectivity index (χ4v) is 6.46. The molecule has 0 bridgehead atoms. The molecule has 3 heterocycles. The van der Waals surface area contributed by atoms with Gasteiger partial charge in [-0.2, -0.15) is 5.10 Å². The number of hydrogen-bond donors (Lipinski definition) is 0. The number of amides is 1. The summed E-state index contributed by atoms with van der Waals surface area (Å²) in [5.41, 5.74) is 3.86. The molecule has 1 aromatic heterocycles. The molecule has 0 unspecified atom stereocenters. The van der Waals surface area contributed by atoms with E-state index in [0.29, 0.717) is 39.3 Å². The summed E-state index contributed by atoms with van der Waals surface area (Å²) < 4.78 is 31.2. The van der Waals surface area contributed by atoms with Crippen LogP contribution >= 0.6 is 0 Å². The predicted octanol–water partition coefficient (Wildman–Crippen LogP) is 1.89. The highest BCUT2D eigenvalue weighted by Crippen LogP contribution is 2.29. The van der Waals surface area contributed by atoms with Crippen molar-refractivity contribution in [1.82, 2.24) is 19.6 Å². The van der Waals surface area contributed by atoms with Crippen LogP contribution < -0.4 is 0 Å². The molecule has 2 fully saturated rings. The Morgan fingerprint density at radius 3 is 2.53 bits per heavy atom.